The van der Waals surface area contributed by atoms with Crippen LogP contribution in [0, 0.1) is 5.92 Å². The van der Waals surface area contributed by atoms with Gasteiger partial charge in [0.15, 0.2) is 0 Å². The summed E-state index contributed by atoms with van der Waals surface area (Å²) in [5, 5.41) is 0. The van der Waals surface area contributed by atoms with Crippen molar-refractivity contribution in [2.24, 2.45) is 5.92 Å². The van der Waals surface area contributed by atoms with Crippen LogP contribution in [0.4, 0.5) is 0 Å². The summed E-state index contributed by atoms with van der Waals surface area (Å²) in [6.45, 7) is 7.04. The quantitative estimate of drug-likeness (QED) is 0.804. The van der Waals surface area contributed by atoms with E-state index in [2.05, 4.69) is 22.9 Å². The van der Waals surface area contributed by atoms with Crippen LogP contribution >= 0.6 is 0 Å². The number of ether oxygens (including phenoxy) is 2. The van der Waals surface area contributed by atoms with Crippen molar-refractivity contribution in [2.45, 2.75) is 38.3 Å². The molecule has 1 aromatic heterocycles. The summed E-state index contributed by atoms with van der Waals surface area (Å²) in [6.07, 6.45) is 7.57. The van der Waals surface area contributed by atoms with Crippen LogP contribution in [0.1, 0.15) is 25.3 Å². The second kappa shape index (κ2) is 7.34. The Hall–Kier alpha value is -0.970. The maximum absolute atomic E-state index is 5.99. The summed E-state index contributed by atoms with van der Waals surface area (Å²) in [5.41, 5.74) is 1.31. The summed E-state index contributed by atoms with van der Waals surface area (Å²) < 4.78 is 11.5. The Kier molecular flexibility index (Phi) is 5.22. The molecule has 116 valence electrons. The Labute approximate surface area is 127 Å². The highest BCUT2D eigenvalue weighted by Gasteiger charge is 2.36. The number of aromatic nitrogens is 1. The van der Waals surface area contributed by atoms with Gasteiger partial charge < -0.3 is 9.47 Å². The molecule has 2 fully saturated rings. The highest BCUT2D eigenvalue weighted by atomic mass is 16.5. The minimum absolute atomic E-state index is 0.359. The lowest BCUT2D eigenvalue weighted by molar-refractivity contribution is 0.0313. The van der Waals surface area contributed by atoms with Gasteiger partial charge >= 0.3 is 0 Å². The molecule has 21 heavy (non-hydrogen) atoms. The van der Waals surface area contributed by atoms with E-state index < -0.39 is 0 Å². The van der Waals surface area contributed by atoms with Gasteiger partial charge in [0.2, 0.25) is 0 Å². The lowest BCUT2D eigenvalue weighted by Gasteiger charge is -2.29. The summed E-state index contributed by atoms with van der Waals surface area (Å²) in [6, 6.07) is 4.68. The van der Waals surface area contributed by atoms with Crippen molar-refractivity contribution < 1.29 is 9.47 Å². The molecule has 0 spiro atoms. The van der Waals surface area contributed by atoms with E-state index >= 15 is 0 Å². The van der Waals surface area contributed by atoms with Gasteiger partial charge in [0, 0.05) is 44.7 Å². The first-order valence-electron chi connectivity index (χ1n) is 8.19. The Balaban J connectivity index is 1.66. The zero-order valence-corrected chi connectivity index (χ0v) is 12.9. The molecule has 0 N–H and O–H groups in total. The lowest BCUT2D eigenvalue weighted by Crippen LogP contribution is -2.41. The lowest BCUT2D eigenvalue weighted by atomic mass is 10.0. The molecule has 0 bridgehead atoms. The highest BCUT2D eigenvalue weighted by molar-refractivity contribution is 5.12. The fourth-order valence-electron chi connectivity index (χ4n) is 3.60. The van der Waals surface area contributed by atoms with Gasteiger partial charge in [-0.25, -0.2) is 0 Å². The smallest absolute Gasteiger partial charge is 0.0745 e. The zero-order valence-electron chi connectivity index (χ0n) is 12.9. The van der Waals surface area contributed by atoms with Gasteiger partial charge in [0.25, 0.3) is 0 Å². The number of hydrogen-bond donors (Lipinski definition) is 0. The monoisotopic (exact) mass is 290 g/mol. The van der Waals surface area contributed by atoms with Crippen molar-refractivity contribution in [1.29, 1.82) is 0 Å². The Morgan fingerprint density at radius 3 is 3.10 bits per heavy atom. The number of pyridine rings is 1. The van der Waals surface area contributed by atoms with E-state index in [0.29, 0.717) is 18.1 Å². The van der Waals surface area contributed by atoms with Crippen LogP contribution in [0.3, 0.4) is 0 Å². The van der Waals surface area contributed by atoms with Crippen molar-refractivity contribution >= 4 is 0 Å². The van der Waals surface area contributed by atoms with Gasteiger partial charge in [-0.1, -0.05) is 6.07 Å². The van der Waals surface area contributed by atoms with E-state index in [0.717, 1.165) is 45.8 Å². The first-order valence-corrected chi connectivity index (χ1v) is 8.19. The van der Waals surface area contributed by atoms with E-state index in [1.807, 2.05) is 18.5 Å². The van der Waals surface area contributed by atoms with Crippen LogP contribution < -0.4 is 0 Å². The summed E-state index contributed by atoms with van der Waals surface area (Å²) in [5.74, 6) is 0.696. The van der Waals surface area contributed by atoms with Crippen LogP contribution in [-0.4, -0.2) is 54.9 Å². The molecule has 2 aliphatic heterocycles. The largest absolute Gasteiger partial charge is 0.381 e. The molecule has 1 aromatic rings. The molecule has 4 heteroatoms. The number of hydrogen-bond acceptors (Lipinski definition) is 4. The zero-order chi connectivity index (χ0) is 14.5. The summed E-state index contributed by atoms with van der Waals surface area (Å²) in [7, 11) is 0. The van der Waals surface area contributed by atoms with Crippen LogP contribution in [0.5, 0.6) is 0 Å². The highest BCUT2D eigenvalue weighted by Crippen LogP contribution is 2.27. The van der Waals surface area contributed by atoms with E-state index in [4.69, 9.17) is 9.47 Å². The number of likely N-dealkylation sites (tertiary alicyclic amines) is 1. The van der Waals surface area contributed by atoms with Gasteiger partial charge in [-0.2, -0.15) is 0 Å². The molecule has 0 aliphatic carbocycles. The van der Waals surface area contributed by atoms with Crippen LogP contribution in [-0.2, 0) is 15.9 Å². The molecule has 0 unspecified atom stereocenters. The molecule has 2 saturated heterocycles. The molecule has 2 aliphatic rings. The molecular formula is C17H26N2O2. The average Bonchev–Trinajstić information content (AvgIpc) is 3.14. The molecule has 3 rings (SSSR count). The van der Waals surface area contributed by atoms with Crippen molar-refractivity contribution in [3.8, 4) is 0 Å². The molecule has 0 amide bonds. The summed E-state index contributed by atoms with van der Waals surface area (Å²) >= 11 is 0. The second-order valence-electron chi connectivity index (χ2n) is 6.14. The van der Waals surface area contributed by atoms with Crippen molar-refractivity contribution in [2.75, 3.05) is 32.9 Å². The van der Waals surface area contributed by atoms with Gasteiger partial charge in [0.05, 0.1) is 12.7 Å². The standard InChI is InChI=1S/C17H26N2O2/c1-2-21-17-5-8-19(12-15-6-9-20-13-15)16(17)10-14-4-3-7-18-11-14/h3-4,7,11,15-17H,2,5-6,8-10,12-13H2,1H3/t15-,16+,17+/m0/s1. The van der Waals surface area contributed by atoms with E-state index in [9.17, 15) is 0 Å². The first-order chi connectivity index (χ1) is 10.4. The van der Waals surface area contributed by atoms with Crippen LogP contribution in [0.2, 0.25) is 0 Å². The van der Waals surface area contributed by atoms with E-state index in [1.54, 1.807) is 0 Å². The maximum Gasteiger partial charge on any atom is 0.0745 e. The van der Waals surface area contributed by atoms with Crippen molar-refractivity contribution in [3.05, 3.63) is 30.1 Å². The Bertz CT molecular complexity index is 420. The summed E-state index contributed by atoms with van der Waals surface area (Å²) in [4.78, 5) is 6.86. The van der Waals surface area contributed by atoms with Crippen molar-refractivity contribution in [1.82, 2.24) is 9.88 Å². The normalized spacial score (nSPS) is 30.0. The molecule has 3 atom stereocenters. The van der Waals surface area contributed by atoms with Crippen LogP contribution in [0.15, 0.2) is 24.5 Å². The molecular weight excluding hydrogens is 264 g/mol. The number of nitrogens with zero attached hydrogens (tertiary/aromatic N) is 2. The minimum atomic E-state index is 0.359. The second-order valence-corrected chi connectivity index (χ2v) is 6.14. The predicted molar refractivity (Wildman–Crippen MR) is 82.3 cm³/mol. The average molecular weight is 290 g/mol. The van der Waals surface area contributed by atoms with Gasteiger partial charge in [-0.15, -0.1) is 0 Å². The van der Waals surface area contributed by atoms with E-state index in [1.165, 1.54) is 12.0 Å². The third-order valence-electron chi connectivity index (χ3n) is 4.66. The van der Waals surface area contributed by atoms with Gasteiger partial charge in [0.1, 0.15) is 0 Å². The molecule has 0 saturated carbocycles. The maximum atomic E-state index is 5.99. The van der Waals surface area contributed by atoms with E-state index in [-0.39, 0.29) is 0 Å². The topological polar surface area (TPSA) is 34.6 Å². The van der Waals surface area contributed by atoms with Crippen molar-refractivity contribution in [3.63, 3.8) is 0 Å². The molecule has 4 nitrogen and oxygen atoms in total. The minimum Gasteiger partial charge on any atom is -0.381 e. The Morgan fingerprint density at radius 1 is 1.43 bits per heavy atom. The van der Waals surface area contributed by atoms with Gasteiger partial charge in [-0.3, -0.25) is 9.88 Å². The Morgan fingerprint density at radius 2 is 2.38 bits per heavy atom. The fraction of sp³-hybridized carbons (Fsp3) is 0.706. The molecule has 0 aromatic carbocycles. The molecule has 3 heterocycles. The molecule has 0 radical (unpaired) electrons. The fourth-order valence-corrected chi connectivity index (χ4v) is 3.60. The van der Waals surface area contributed by atoms with Gasteiger partial charge in [-0.05, 0) is 43.7 Å². The van der Waals surface area contributed by atoms with Crippen LogP contribution in [0.25, 0.3) is 0 Å². The predicted octanol–water partition coefficient (Wildman–Crippen LogP) is 2.14. The third kappa shape index (κ3) is 3.82. The first kappa shape index (κ1) is 14.9. The number of rotatable bonds is 6. The SMILES string of the molecule is CCO[C@@H]1CCN(C[C@@H]2CCOC2)[C@@H]1Cc1cccnc1. The third-order valence-corrected chi connectivity index (χ3v) is 4.66.